The standard InChI is InChI=1S/C22H28N2O4S2/c1-17-7-3-4-8-18(17)16-29-14-11-23-22(25)20-15-19(9-10-21(20)28-2)30(26,27)24-12-5-6-13-24/h3-4,7-10,15H,5-6,11-14,16H2,1-2H3,(H,23,25). The van der Waals surface area contributed by atoms with Gasteiger partial charge in [-0.2, -0.15) is 16.1 Å². The third kappa shape index (κ3) is 5.36. The molecule has 1 saturated heterocycles. The Balaban J connectivity index is 1.61. The molecule has 0 aliphatic carbocycles. The number of methoxy groups -OCH3 is 1. The second kappa shape index (κ2) is 10.3. The first kappa shape index (κ1) is 22.7. The van der Waals surface area contributed by atoms with Crippen LogP contribution in [-0.4, -0.2) is 51.1 Å². The van der Waals surface area contributed by atoms with Crippen molar-refractivity contribution >= 4 is 27.7 Å². The largest absolute Gasteiger partial charge is 0.496 e. The van der Waals surface area contributed by atoms with Crippen LogP contribution in [-0.2, 0) is 15.8 Å². The second-order valence-electron chi connectivity index (χ2n) is 7.21. The highest BCUT2D eigenvalue weighted by Crippen LogP contribution is 2.26. The van der Waals surface area contributed by atoms with Crippen LogP contribution in [0.25, 0.3) is 0 Å². The number of hydrogen-bond donors (Lipinski definition) is 1. The fourth-order valence-corrected chi connectivity index (χ4v) is 5.87. The Morgan fingerprint density at radius 1 is 1.17 bits per heavy atom. The molecule has 1 amide bonds. The zero-order chi connectivity index (χ0) is 21.6. The lowest BCUT2D eigenvalue weighted by molar-refractivity contribution is 0.0953. The van der Waals surface area contributed by atoms with Crippen LogP contribution in [0.4, 0.5) is 0 Å². The summed E-state index contributed by atoms with van der Waals surface area (Å²) in [5.74, 6) is 1.67. The van der Waals surface area contributed by atoms with Crippen molar-refractivity contribution in [1.29, 1.82) is 0 Å². The molecule has 2 aromatic carbocycles. The van der Waals surface area contributed by atoms with Crippen LogP contribution in [0.5, 0.6) is 5.75 Å². The molecule has 0 atom stereocenters. The number of nitrogens with zero attached hydrogens (tertiary/aromatic N) is 1. The first-order valence-electron chi connectivity index (χ1n) is 10.0. The summed E-state index contributed by atoms with van der Waals surface area (Å²) in [6.45, 7) is 3.62. The van der Waals surface area contributed by atoms with Crippen LogP contribution in [0.3, 0.4) is 0 Å². The molecule has 0 unspecified atom stereocenters. The molecule has 1 fully saturated rings. The molecule has 0 bridgehead atoms. The number of rotatable bonds is 9. The monoisotopic (exact) mass is 448 g/mol. The van der Waals surface area contributed by atoms with Crippen LogP contribution < -0.4 is 10.1 Å². The number of carbonyl (C=O) groups is 1. The zero-order valence-corrected chi connectivity index (χ0v) is 19.0. The molecule has 1 N–H and O–H groups in total. The number of ether oxygens (including phenoxy) is 1. The molecule has 1 aliphatic heterocycles. The van der Waals surface area contributed by atoms with E-state index in [1.165, 1.54) is 34.7 Å². The Morgan fingerprint density at radius 2 is 1.90 bits per heavy atom. The number of thioether (sulfide) groups is 1. The molecule has 1 aliphatic rings. The molecule has 0 saturated carbocycles. The summed E-state index contributed by atoms with van der Waals surface area (Å²) in [7, 11) is -2.12. The van der Waals surface area contributed by atoms with Gasteiger partial charge in [-0.15, -0.1) is 0 Å². The minimum Gasteiger partial charge on any atom is -0.496 e. The van der Waals surface area contributed by atoms with Gasteiger partial charge in [0.05, 0.1) is 17.6 Å². The molecule has 6 nitrogen and oxygen atoms in total. The first-order chi connectivity index (χ1) is 14.4. The highest BCUT2D eigenvalue weighted by molar-refractivity contribution is 7.98. The number of carbonyl (C=O) groups excluding carboxylic acids is 1. The maximum absolute atomic E-state index is 12.8. The summed E-state index contributed by atoms with van der Waals surface area (Å²) < 4.78 is 32.4. The lowest BCUT2D eigenvalue weighted by atomic mass is 10.1. The van der Waals surface area contributed by atoms with Crippen molar-refractivity contribution in [1.82, 2.24) is 9.62 Å². The van der Waals surface area contributed by atoms with Gasteiger partial charge >= 0.3 is 0 Å². The average Bonchev–Trinajstić information content (AvgIpc) is 3.30. The Labute approximate surface area is 183 Å². The van der Waals surface area contributed by atoms with Gasteiger partial charge in [0, 0.05) is 31.1 Å². The van der Waals surface area contributed by atoms with Crippen molar-refractivity contribution in [2.24, 2.45) is 0 Å². The molecule has 162 valence electrons. The van der Waals surface area contributed by atoms with E-state index in [0.717, 1.165) is 24.3 Å². The zero-order valence-electron chi connectivity index (χ0n) is 17.4. The van der Waals surface area contributed by atoms with E-state index < -0.39 is 10.0 Å². The third-order valence-corrected chi connectivity index (χ3v) is 8.07. The topological polar surface area (TPSA) is 75.7 Å². The lowest BCUT2D eigenvalue weighted by Gasteiger charge is -2.17. The van der Waals surface area contributed by atoms with Crippen LogP contribution in [0, 0.1) is 6.92 Å². The van der Waals surface area contributed by atoms with Gasteiger partial charge in [0.25, 0.3) is 5.91 Å². The van der Waals surface area contributed by atoms with Crippen molar-refractivity contribution in [2.75, 3.05) is 32.5 Å². The van der Waals surface area contributed by atoms with Gasteiger partial charge in [-0.05, 0) is 49.1 Å². The van der Waals surface area contributed by atoms with Crippen molar-refractivity contribution in [3.63, 3.8) is 0 Å². The van der Waals surface area contributed by atoms with E-state index in [0.29, 0.717) is 25.4 Å². The number of amides is 1. The van der Waals surface area contributed by atoms with E-state index in [1.807, 2.05) is 12.1 Å². The van der Waals surface area contributed by atoms with Crippen molar-refractivity contribution < 1.29 is 17.9 Å². The molecule has 0 aromatic heterocycles. The van der Waals surface area contributed by atoms with Gasteiger partial charge in [0.1, 0.15) is 5.75 Å². The van der Waals surface area contributed by atoms with Gasteiger partial charge < -0.3 is 10.1 Å². The van der Waals surface area contributed by atoms with Crippen molar-refractivity contribution in [3.05, 3.63) is 59.2 Å². The van der Waals surface area contributed by atoms with Crippen LogP contribution >= 0.6 is 11.8 Å². The normalized spacial score (nSPS) is 14.6. The van der Waals surface area contributed by atoms with Gasteiger partial charge in [0.15, 0.2) is 0 Å². The number of nitrogens with one attached hydrogen (secondary N) is 1. The fourth-order valence-electron chi connectivity index (χ4n) is 3.39. The van der Waals surface area contributed by atoms with Gasteiger partial charge in [0.2, 0.25) is 10.0 Å². The summed E-state index contributed by atoms with van der Waals surface area (Å²) in [5, 5.41) is 2.87. The summed E-state index contributed by atoms with van der Waals surface area (Å²) in [4.78, 5) is 12.8. The highest BCUT2D eigenvalue weighted by Gasteiger charge is 2.28. The minimum absolute atomic E-state index is 0.129. The second-order valence-corrected chi connectivity index (χ2v) is 10.3. The van der Waals surface area contributed by atoms with Gasteiger partial charge in [-0.3, -0.25) is 4.79 Å². The molecule has 0 spiro atoms. The predicted molar refractivity (Wildman–Crippen MR) is 121 cm³/mol. The van der Waals surface area contributed by atoms with E-state index in [-0.39, 0.29) is 16.4 Å². The molecule has 3 rings (SSSR count). The van der Waals surface area contributed by atoms with Crippen LogP contribution in [0.1, 0.15) is 34.3 Å². The van der Waals surface area contributed by atoms with E-state index in [9.17, 15) is 13.2 Å². The van der Waals surface area contributed by atoms with E-state index in [2.05, 4.69) is 24.4 Å². The molecule has 1 heterocycles. The number of benzene rings is 2. The summed E-state index contributed by atoms with van der Waals surface area (Å²) >= 11 is 1.74. The van der Waals surface area contributed by atoms with E-state index >= 15 is 0 Å². The Morgan fingerprint density at radius 3 is 2.60 bits per heavy atom. The fraction of sp³-hybridized carbons (Fsp3) is 0.409. The summed E-state index contributed by atoms with van der Waals surface area (Å²) in [5.41, 5.74) is 2.78. The Hall–Kier alpha value is -2.03. The highest BCUT2D eigenvalue weighted by atomic mass is 32.2. The summed E-state index contributed by atoms with van der Waals surface area (Å²) in [6.07, 6.45) is 1.73. The van der Waals surface area contributed by atoms with Crippen LogP contribution in [0.2, 0.25) is 0 Å². The molecule has 2 aromatic rings. The van der Waals surface area contributed by atoms with Crippen molar-refractivity contribution in [2.45, 2.75) is 30.4 Å². The number of aryl methyl sites for hydroxylation is 1. The van der Waals surface area contributed by atoms with Crippen LogP contribution in [0.15, 0.2) is 47.4 Å². The van der Waals surface area contributed by atoms with Gasteiger partial charge in [-0.1, -0.05) is 24.3 Å². The molecule has 30 heavy (non-hydrogen) atoms. The summed E-state index contributed by atoms with van der Waals surface area (Å²) in [6, 6.07) is 12.7. The molecule has 0 radical (unpaired) electrons. The third-order valence-electron chi connectivity index (χ3n) is 5.17. The average molecular weight is 449 g/mol. The van der Waals surface area contributed by atoms with E-state index in [4.69, 9.17) is 4.74 Å². The number of sulfonamides is 1. The smallest absolute Gasteiger partial charge is 0.255 e. The SMILES string of the molecule is COc1ccc(S(=O)(=O)N2CCCC2)cc1C(=O)NCCSCc1ccccc1C. The maximum atomic E-state index is 12.8. The molecule has 8 heteroatoms. The predicted octanol–water partition coefficient (Wildman–Crippen LogP) is 3.45. The molecular weight excluding hydrogens is 420 g/mol. The van der Waals surface area contributed by atoms with Crippen molar-refractivity contribution in [3.8, 4) is 5.75 Å². The van der Waals surface area contributed by atoms with Gasteiger partial charge in [-0.25, -0.2) is 8.42 Å². The first-order valence-corrected chi connectivity index (χ1v) is 12.6. The quantitative estimate of drug-likeness (QED) is 0.595. The maximum Gasteiger partial charge on any atom is 0.255 e. The Bertz CT molecular complexity index is 986. The lowest BCUT2D eigenvalue weighted by Crippen LogP contribution is -2.29. The number of hydrogen-bond acceptors (Lipinski definition) is 5. The minimum atomic E-state index is -3.59. The molecular formula is C22H28N2O4S2. The van der Waals surface area contributed by atoms with E-state index in [1.54, 1.807) is 17.8 Å². The Kier molecular flexibility index (Phi) is 7.80.